The number of rotatable bonds is 4. The maximum atomic E-state index is 12.6. The van der Waals surface area contributed by atoms with Gasteiger partial charge in [-0.25, -0.2) is 4.98 Å². The normalized spacial score (nSPS) is 11.7. The highest BCUT2D eigenvalue weighted by Gasteiger charge is 2.25. The molecule has 7 nitrogen and oxygen atoms in total. The second kappa shape index (κ2) is 5.01. The lowest BCUT2D eigenvalue weighted by atomic mass is 10.4. The number of nitrogens with zero attached hydrogens (tertiary/aromatic N) is 3. The number of sulfonamides is 1. The van der Waals surface area contributed by atoms with Crippen molar-refractivity contribution in [3.8, 4) is 0 Å². The molecule has 0 bridgehead atoms. The maximum Gasteiger partial charge on any atom is 0.281 e. The molecule has 0 unspecified atom stereocenters. The van der Waals surface area contributed by atoms with Crippen molar-refractivity contribution in [3.05, 3.63) is 35.6 Å². The van der Waals surface area contributed by atoms with E-state index in [2.05, 4.69) is 20.0 Å². The van der Waals surface area contributed by atoms with Gasteiger partial charge in [-0.3, -0.25) is 14.1 Å². The summed E-state index contributed by atoms with van der Waals surface area (Å²) in [7, 11) is -2.13. The summed E-state index contributed by atoms with van der Waals surface area (Å²) in [6.45, 7) is 1.84. The molecule has 0 aliphatic carbocycles. The van der Waals surface area contributed by atoms with E-state index in [4.69, 9.17) is 0 Å². The number of aryl methyl sites for hydroxylation is 1. The third-order valence-corrected chi connectivity index (χ3v) is 5.03. The number of nitrogens with one attached hydrogen (secondary N) is 2. The summed E-state index contributed by atoms with van der Waals surface area (Å²) in [5, 5.41) is 4.68. The minimum absolute atomic E-state index is 0.0850. The lowest BCUT2D eigenvalue weighted by molar-refractivity contribution is 0.597. The van der Waals surface area contributed by atoms with Gasteiger partial charge in [0.05, 0.1) is 11.9 Å². The van der Waals surface area contributed by atoms with Gasteiger partial charge in [-0.1, -0.05) is 0 Å². The van der Waals surface area contributed by atoms with Crippen LogP contribution in [-0.4, -0.2) is 29.8 Å². The fourth-order valence-electron chi connectivity index (χ4n) is 1.92. The number of hydrogen-bond donors (Lipinski definition) is 2. The topological polar surface area (TPSA) is 88.4 Å². The Bertz CT molecular complexity index is 880. The molecule has 3 aromatic heterocycles. The van der Waals surface area contributed by atoms with Crippen molar-refractivity contribution >= 4 is 37.8 Å². The van der Waals surface area contributed by atoms with Crippen LogP contribution in [-0.2, 0) is 10.0 Å². The van der Waals surface area contributed by atoms with E-state index in [0.29, 0.717) is 16.5 Å². The van der Waals surface area contributed by atoms with Crippen LogP contribution in [0.15, 0.2) is 34.9 Å². The van der Waals surface area contributed by atoms with Gasteiger partial charge in [-0.05, 0) is 19.1 Å². The number of aromatic nitrogens is 3. The van der Waals surface area contributed by atoms with Crippen LogP contribution in [0.3, 0.4) is 0 Å². The second-order valence-corrected chi connectivity index (χ2v) is 6.84. The minimum Gasteiger partial charge on any atom is -0.371 e. The van der Waals surface area contributed by atoms with Crippen molar-refractivity contribution in [3.63, 3.8) is 0 Å². The van der Waals surface area contributed by atoms with Crippen molar-refractivity contribution in [2.24, 2.45) is 0 Å². The zero-order valence-electron chi connectivity index (χ0n) is 11.4. The first kappa shape index (κ1) is 13.8. The molecule has 3 heterocycles. The number of imidazole rings is 1. The molecule has 0 atom stereocenters. The van der Waals surface area contributed by atoms with Gasteiger partial charge in [-0.2, -0.15) is 8.42 Å². The Labute approximate surface area is 125 Å². The Morgan fingerprint density at radius 3 is 2.81 bits per heavy atom. The molecule has 0 spiro atoms. The van der Waals surface area contributed by atoms with Gasteiger partial charge in [0, 0.05) is 24.3 Å². The molecule has 3 rings (SSSR count). The monoisotopic (exact) mass is 323 g/mol. The highest BCUT2D eigenvalue weighted by molar-refractivity contribution is 7.92. The molecule has 0 fully saturated rings. The molecule has 0 saturated heterocycles. The molecule has 2 N–H and O–H groups in total. The van der Waals surface area contributed by atoms with E-state index in [0.717, 1.165) is 5.69 Å². The number of anilines is 2. The standard InChI is InChI=1S/C12H13N5O2S2/c1-8-3-4-9(7-14-8)16-21(18,19)11-10(13-2)15-12-17(11)5-6-20-12/h3-7,13,16H,1-2H3. The van der Waals surface area contributed by atoms with Crippen LogP contribution < -0.4 is 10.0 Å². The van der Waals surface area contributed by atoms with Gasteiger partial charge in [-0.15, -0.1) is 11.3 Å². The summed E-state index contributed by atoms with van der Waals surface area (Å²) < 4.78 is 29.3. The molecule has 3 aromatic rings. The third kappa shape index (κ3) is 2.45. The molecule has 0 aromatic carbocycles. The molecular formula is C12H13N5O2S2. The van der Waals surface area contributed by atoms with Crippen molar-refractivity contribution in [2.45, 2.75) is 11.9 Å². The fourth-order valence-corrected chi connectivity index (χ4v) is 4.02. The molecule has 110 valence electrons. The van der Waals surface area contributed by atoms with Crippen LogP contribution in [0.4, 0.5) is 11.5 Å². The third-order valence-electron chi connectivity index (χ3n) is 2.87. The van der Waals surface area contributed by atoms with Gasteiger partial charge < -0.3 is 5.32 Å². The lowest BCUT2D eigenvalue weighted by Crippen LogP contribution is -2.16. The van der Waals surface area contributed by atoms with Gasteiger partial charge in [0.15, 0.2) is 10.8 Å². The van der Waals surface area contributed by atoms with Crippen LogP contribution in [0.5, 0.6) is 0 Å². The van der Waals surface area contributed by atoms with Crippen molar-refractivity contribution in [1.82, 2.24) is 14.4 Å². The number of fused-ring (bicyclic) bond motifs is 1. The number of pyridine rings is 1. The van der Waals surface area contributed by atoms with E-state index in [9.17, 15) is 8.42 Å². The van der Waals surface area contributed by atoms with Gasteiger partial charge in [0.25, 0.3) is 10.0 Å². The quantitative estimate of drug-likeness (QED) is 0.766. The average molecular weight is 323 g/mol. The molecule has 0 amide bonds. The van der Waals surface area contributed by atoms with Crippen molar-refractivity contribution in [2.75, 3.05) is 17.1 Å². The van der Waals surface area contributed by atoms with E-state index in [1.54, 1.807) is 35.2 Å². The van der Waals surface area contributed by atoms with E-state index < -0.39 is 10.0 Å². The predicted molar refractivity (Wildman–Crippen MR) is 82.4 cm³/mol. The first-order chi connectivity index (χ1) is 10.0. The summed E-state index contributed by atoms with van der Waals surface area (Å²) in [5.74, 6) is 0.314. The SMILES string of the molecule is CNc1nc2sccn2c1S(=O)(=O)Nc1ccc(C)nc1. The number of thiazole rings is 1. The summed E-state index contributed by atoms with van der Waals surface area (Å²) >= 11 is 1.37. The summed E-state index contributed by atoms with van der Waals surface area (Å²) in [5.41, 5.74) is 1.23. The van der Waals surface area contributed by atoms with E-state index in [1.165, 1.54) is 17.5 Å². The summed E-state index contributed by atoms with van der Waals surface area (Å²) in [4.78, 5) is 8.94. The first-order valence-electron chi connectivity index (χ1n) is 6.10. The zero-order valence-corrected chi connectivity index (χ0v) is 13.0. The Morgan fingerprint density at radius 1 is 1.33 bits per heavy atom. The van der Waals surface area contributed by atoms with E-state index in [-0.39, 0.29) is 5.03 Å². The van der Waals surface area contributed by atoms with Crippen molar-refractivity contribution in [1.29, 1.82) is 0 Å². The molecular weight excluding hydrogens is 310 g/mol. The Morgan fingerprint density at radius 2 is 2.14 bits per heavy atom. The average Bonchev–Trinajstić information content (AvgIpc) is 3.00. The van der Waals surface area contributed by atoms with Crippen LogP contribution >= 0.6 is 11.3 Å². The fraction of sp³-hybridized carbons (Fsp3) is 0.167. The number of hydrogen-bond acceptors (Lipinski definition) is 6. The molecule has 0 saturated carbocycles. The predicted octanol–water partition coefficient (Wildman–Crippen LogP) is 1.94. The Kier molecular flexibility index (Phi) is 3.30. The van der Waals surface area contributed by atoms with Crippen LogP contribution in [0.25, 0.3) is 4.96 Å². The molecule has 0 aliphatic rings. The highest BCUT2D eigenvalue weighted by atomic mass is 32.2. The molecule has 0 radical (unpaired) electrons. The lowest BCUT2D eigenvalue weighted by Gasteiger charge is -2.08. The van der Waals surface area contributed by atoms with Crippen LogP contribution in [0.2, 0.25) is 0 Å². The van der Waals surface area contributed by atoms with E-state index >= 15 is 0 Å². The van der Waals surface area contributed by atoms with Crippen LogP contribution in [0, 0.1) is 6.92 Å². The molecule has 21 heavy (non-hydrogen) atoms. The first-order valence-corrected chi connectivity index (χ1v) is 8.46. The van der Waals surface area contributed by atoms with Gasteiger partial charge in [0.2, 0.25) is 5.03 Å². The Hall–Kier alpha value is -2.13. The zero-order chi connectivity index (χ0) is 15.0. The van der Waals surface area contributed by atoms with Crippen LogP contribution in [0.1, 0.15) is 5.69 Å². The van der Waals surface area contributed by atoms with Gasteiger partial charge in [0.1, 0.15) is 0 Å². The molecule has 9 heteroatoms. The smallest absolute Gasteiger partial charge is 0.281 e. The van der Waals surface area contributed by atoms with Crippen molar-refractivity contribution < 1.29 is 8.42 Å². The van der Waals surface area contributed by atoms with Gasteiger partial charge >= 0.3 is 0 Å². The minimum atomic E-state index is -3.77. The second-order valence-electron chi connectivity index (χ2n) is 4.36. The largest absolute Gasteiger partial charge is 0.371 e. The maximum absolute atomic E-state index is 12.6. The van der Waals surface area contributed by atoms with E-state index in [1.807, 2.05) is 6.92 Å². The Balaban J connectivity index is 2.07. The summed E-state index contributed by atoms with van der Waals surface area (Å²) in [6.07, 6.45) is 3.16. The summed E-state index contributed by atoms with van der Waals surface area (Å²) in [6, 6.07) is 3.41. The highest BCUT2D eigenvalue weighted by Crippen LogP contribution is 2.26. The molecule has 0 aliphatic heterocycles.